The van der Waals surface area contributed by atoms with Crippen LogP contribution in [0.2, 0.25) is 0 Å². The van der Waals surface area contributed by atoms with Crippen molar-refractivity contribution in [3.05, 3.63) is 29.8 Å². The second-order valence-electron chi connectivity index (χ2n) is 5.51. The van der Waals surface area contributed by atoms with E-state index in [1.165, 1.54) is 0 Å². The fourth-order valence-electron chi connectivity index (χ4n) is 2.13. The van der Waals surface area contributed by atoms with Crippen LogP contribution >= 0.6 is 0 Å². The molecule has 0 unspecified atom stereocenters. The van der Waals surface area contributed by atoms with Gasteiger partial charge in [0.25, 0.3) is 0 Å². The van der Waals surface area contributed by atoms with Crippen LogP contribution in [0.3, 0.4) is 0 Å². The number of unbranched alkanes of at least 4 members (excludes halogenated alkanes) is 2. The van der Waals surface area contributed by atoms with Crippen LogP contribution in [0, 0.1) is 0 Å². The Bertz CT molecular complexity index is 557. The molecule has 0 aromatic heterocycles. The first-order chi connectivity index (χ1) is 11.5. The minimum Gasteiger partial charge on any atom is -0.426 e. The fourth-order valence-corrected chi connectivity index (χ4v) is 2.13. The number of carbonyl (C=O) groups excluding carboxylic acids is 3. The number of rotatable bonds is 10. The van der Waals surface area contributed by atoms with Gasteiger partial charge in [0, 0.05) is 12.8 Å². The summed E-state index contributed by atoms with van der Waals surface area (Å²) in [7, 11) is 0. The van der Waals surface area contributed by atoms with E-state index < -0.39 is 17.9 Å². The molecule has 0 aliphatic rings. The van der Waals surface area contributed by atoms with Crippen LogP contribution in [0.1, 0.15) is 38.2 Å². The van der Waals surface area contributed by atoms with Crippen molar-refractivity contribution >= 4 is 17.8 Å². The molecule has 1 aromatic carbocycles. The molecule has 0 heterocycles. The third kappa shape index (κ3) is 7.23. The van der Waals surface area contributed by atoms with Gasteiger partial charge in [-0.05, 0) is 24.1 Å². The standard InChI is InChI=1S/C17H25N3O4/c1-2-3-4-5-15(21)20-14(17(19)23)10-12-6-8-13(9-7-12)24-16(22)11-18/h6-9,14H,2-5,10-11,18H2,1H3,(H2,19,23)(H,20,21)/t14-/m0/s1. The van der Waals surface area contributed by atoms with E-state index in [1.54, 1.807) is 24.3 Å². The topological polar surface area (TPSA) is 125 Å². The lowest BCUT2D eigenvalue weighted by atomic mass is 10.0. The van der Waals surface area contributed by atoms with E-state index in [1.807, 2.05) is 0 Å². The average Bonchev–Trinajstić information content (AvgIpc) is 2.56. The van der Waals surface area contributed by atoms with Gasteiger partial charge in [-0.25, -0.2) is 0 Å². The zero-order chi connectivity index (χ0) is 17.9. The molecule has 0 radical (unpaired) electrons. The molecule has 1 aromatic rings. The van der Waals surface area contributed by atoms with E-state index >= 15 is 0 Å². The molecular formula is C17H25N3O4. The highest BCUT2D eigenvalue weighted by molar-refractivity contribution is 5.86. The van der Waals surface area contributed by atoms with Gasteiger partial charge in [-0.15, -0.1) is 0 Å². The van der Waals surface area contributed by atoms with Crippen molar-refractivity contribution in [3.8, 4) is 5.75 Å². The largest absolute Gasteiger partial charge is 0.426 e. The van der Waals surface area contributed by atoms with Gasteiger partial charge in [0.1, 0.15) is 11.8 Å². The predicted octanol–water partition coefficient (Wildman–Crippen LogP) is 0.644. The number of nitrogens with one attached hydrogen (secondary N) is 1. The summed E-state index contributed by atoms with van der Waals surface area (Å²) in [6.07, 6.45) is 3.44. The number of esters is 1. The molecular weight excluding hydrogens is 310 g/mol. The Balaban J connectivity index is 2.60. The van der Waals surface area contributed by atoms with E-state index in [2.05, 4.69) is 12.2 Å². The van der Waals surface area contributed by atoms with E-state index in [0.717, 1.165) is 24.8 Å². The second kappa shape index (κ2) is 10.4. The lowest BCUT2D eigenvalue weighted by molar-refractivity contribution is -0.132. The maximum atomic E-state index is 11.8. The third-order valence-electron chi connectivity index (χ3n) is 3.45. The smallest absolute Gasteiger partial charge is 0.325 e. The van der Waals surface area contributed by atoms with Gasteiger partial charge >= 0.3 is 5.97 Å². The van der Waals surface area contributed by atoms with Crippen molar-refractivity contribution in [2.45, 2.75) is 45.1 Å². The summed E-state index contributed by atoms with van der Waals surface area (Å²) in [6, 6.07) is 5.85. The maximum Gasteiger partial charge on any atom is 0.325 e. The van der Waals surface area contributed by atoms with Gasteiger partial charge < -0.3 is 21.5 Å². The number of benzene rings is 1. The number of nitrogens with two attached hydrogens (primary N) is 2. The molecule has 0 aliphatic carbocycles. The van der Waals surface area contributed by atoms with Gasteiger partial charge in [-0.2, -0.15) is 0 Å². The SMILES string of the molecule is CCCCCC(=O)N[C@@H](Cc1ccc(OC(=O)CN)cc1)C(N)=O. The van der Waals surface area contributed by atoms with Gasteiger partial charge in [0.2, 0.25) is 11.8 Å². The highest BCUT2D eigenvalue weighted by atomic mass is 16.5. The van der Waals surface area contributed by atoms with Crippen LogP contribution in [0.15, 0.2) is 24.3 Å². The van der Waals surface area contributed by atoms with E-state index in [-0.39, 0.29) is 18.9 Å². The summed E-state index contributed by atoms with van der Waals surface area (Å²) in [4.78, 5) is 34.5. The molecule has 7 nitrogen and oxygen atoms in total. The molecule has 0 saturated carbocycles. The zero-order valence-corrected chi connectivity index (χ0v) is 13.9. The maximum absolute atomic E-state index is 11.8. The number of hydrogen-bond donors (Lipinski definition) is 3. The molecule has 0 spiro atoms. The van der Waals surface area contributed by atoms with Crippen molar-refractivity contribution < 1.29 is 19.1 Å². The van der Waals surface area contributed by atoms with Crippen LogP contribution in [0.25, 0.3) is 0 Å². The zero-order valence-electron chi connectivity index (χ0n) is 13.9. The molecule has 132 valence electrons. The quantitative estimate of drug-likeness (QED) is 0.329. The van der Waals surface area contributed by atoms with E-state index in [4.69, 9.17) is 16.2 Å². The van der Waals surface area contributed by atoms with Crippen LogP contribution in [-0.2, 0) is 20.8 Å². The lowest BCUT2D eigenvalue weighted by Crippen LogP contribution is -2.45. The molecule has 7 heteroatoms. The average molecular weight is 335 g/mol. The summed E-state index contributed by atoms with van der Waals surface area (Å²) < 4.78 is 4.97. The molecule has 2 amide bonds. The summed E-state index contributed by atoms with van der Waals surface area (Å²) in [5.74, 6) is -0.927. The summed E-state index contributed by atoms with van der Waals surface area (Å²) >= 11 is 0. The predicted molar refractivity (Wildman–Crippen MR) is 90.1 cm³/mol. The van der Waals surface area contributed by atoms with Gasteiger partial charge in [-0.3, -0.25) is 14.4 Å². The Kier molecular flexibility index (Phi) is 8.49. The van der Waals surface area contributed by atoms with E-state index in [9.17, 15) is 14.4 Å². The molecule has 24 heavy (non-hydrogen) atoms. The number of hydrogen-bond acceptors (Lipinski definition) is 5. The Morgan fingerprint density at radius 1 is 1.17 bits per heavy atom. The monoisotopic (exact) mass is 335 g/mol. The fraction of sp³-hybridized carbons (Fsp3) is 0.471. The normalized spacial score (nSPS) is 11.6. The van der Waals surface area contributed by atoms with Crippen molar-refractivity contribution in [3.63, 3.8) is 0 Å². The minimum atomic E-state index is -0.767. The molecule has 5 N–H and O–H groups in total. The van der Waals surface area contributed by atoms with Gasteiger partial charge in [0.05, 0.1) is 6.54 Å². The highest BCUT2D eigenvalue weighted by Crippen LogP contribution is 2.14. The first kappa shape index (κ1) is 19.6. The van der Waals surface area contributed by atoms with Gasteiger partial charge in [0.15, 0.2) is 0 Å². The number of primary amides is 1. The molecule has 0 fully saturated rings. The Morgan fingerprint density at radius 2 is 1.83 bits per heavy atom. The van der Waals surface area contributed by atoms with Crippen LogP contribution < -0.4 is 21.5 Å². The summed E-state index contributed by atoms with van der Waals surface area (Å²) in [6.45, 7) is 1.86. The van der Waals surface area contributed by atoms with Crippen LogP contribution in [-0.4, -0.2) is 30.4 Å². The first-order valence-corrected chi connectivity index (χ1v) is 8.04. The van der Waals surface area contributed by atoms with Crippen LogP contribution in [0.5, 0.6) is 5.75 Å². The minimum absolute atomic E-state index is 0.180. The van der Waals surface area contributed by atoms with Gasteiger partial charge in [-0.1, -0.05) is 31.9 Å². The Hall–Kier alpha value is -2.41. The third-order valence-corrected chi connectivity index (χ3v) is 3.45. The second-order valence-corrected chi connectivity index (χ2v) is 5.51. The summed E-state index contributed by atoms with van der Waals surface area (Å²) in [5, 5.41) is 2.66. The first-order valence-electron chi connectivity index (χ1n) is 8.04. The lowest BCUT2D eigenvalue weighted by Gasteiger charge is -2.16. The number of carbonyl (C=O) groups is 3. The molecule has 0 saturated heterocycles. The molecule has 1 rings (SSSR count). The van der Waals surface area contributed by atoms with Crippen molar-refractivity contribution in [1.29, 1.82) is 0 Å². The Morgan fingerprint density at radius 3 is 2.38 bits per heavy atom. The van der Waals surface area contributed by atoms with Crippen molar-refractivity contribution in [2.24, 2.45) is 11.5 Å². The molecule has 1 atom stereocenters. The van der Waals surface area contributed by atoms with Crippen molar-refractivity contribution in [1.82, 2.24) is 5.32 Å². The van der Waals surface area contributed by atoms with Crippen LogP contribution in [0.4, 0.5) is 0 Å². The van der Waals surface area contributed by atoms with Crippen molar-refractivity contribution in [2.75, 3.05) is 6.54 Å². The highest BCUT2D eigenvalue weighted by Gasteiger charge is 2.18. The molecule has 0 aliphatic heterocycles. The summed E-state index contributed by atoms with van der Waals surface area (Å²) in [5.41, 5.74) is 11.3. The molecule has 0 bridgehead atoms. The number of amides is 2. The van der Waals surface area contributed by atoms with E-state index in [0.29, 0.717) is 12.2 Å². The Labute approximate surface area is 141 Å². The number of ether oxygens (including phenoxy) is 1.